The first-order valence-corrected chi connectivity index (χ1v) is 19.6. The van der Waals surface area contributed by atoms with Crippen LogP contribution in [-0.2, 0) is 31.8 Å². The van der Waals surface area contributed by atoms with Crippen molar-refractivity contribution in [1.82, 2.24) is 28.8 Å². The number of phenolic OH excluding ortho intramolecular Hbond substituents is 1. The van der Waals surface area contributed by atoms with Crippen LogP contribution in [0.25, 0.3) is 22.3 Å². The molecule has 11 nitrogen and oxygen atoms in total. The van der Waals surface area contributed by atoms with Crippen LogP contribution in [-0.4, -0.2) is 104 Å². The first-order valence-electron chi connectivity index (χ1n) is 19.6. The molecular weight excluding hydrogens is 722 g/mol. The number of benzene rings is 3. The number of halogens is 1. The third-order valence-corrected chi connectivity index (χ3v) is 12.1. The number of aromatic hydroxyl groups is 1. The second-order valence-electron chi connectivity index (χ2n) is 15.6. The number of carbonyl (C=O) groups is 2. The Morgan fingerprint density at radius 1 is 0.930 bits per heavy atom. The summed E-state index contributed by atoms with van der Waals surface area (Å²) in [6.45, 7) is 8.24. The van der Waals surface area contributed by atoms with Crippen molar-refractivity contribution in [2.24, 2.45) is 14.1 Å². The van der Waals surface area contributed by atoms with Gasteiger partial charge in [-0.2, -0.15) is 0 Å². The molecule has 0 aliphatic carbocycles. The summed E-state index contributed by atoms with van der Waals surface area (Å²) in [5.74, 6) is -0.916. The number of aromatic nitrogens is 3. The first kappa shape index (κ1) is 36.8. The molecule has 2 fully saturated rings. The quantitative estimate of drug-likeness (QED) is 0.204. The molecule has 57 heavy (non-hydrogen) atoms. The van der Waals surface area contributed by atoms with Crippen LogP contribution in [0.1, 0.15) is 37.5 Å². The Morgan fingerprint density at radius 3 is 2.56 bits per heavy atom. The van der Waals surface area contributed by atoms with Crippen LogP contribution in [0.5, 0.6) is 5.75 Å². The second kappa shape index (κ2) is 14.9. The van der Waals surface area contributed by atoms with Crippen molar-refractivity contribution >= 4 is 34.2 Å². The third kappa shape index (κ3) is 6.87. The lowest BCUT2D eigenvalue weighted by molar-refractivity contribution is -0.0485. The van der Waals surface area contributed by atoms with Gasteiger partial charge in [-0.1, -0.05) is 24.3 Å². The number of morpholine rings is 1. The Bertz CT molecular complexity index is 2490. The van der Waals surface area contributed by atoms with E-state index < -0.39 is 5.82 Å². The van der Waals surface area contributed by atoms with Gasteiger partial charge in [-0.25, -0.2) is 9.37 Å². The van der Waals surface area contributed by atoms with Crippen LogP contribution in [0.15, 0.2) is 97.3 Å². The number of hydrogen-bond donors (Lipinski definition) is 1. The number of aryl methyl sites for hydroxylation is 1. The standard InChI is InChI=1S/C45H46FN7O4/c1-29-40(45(56)53(34-9-11-38(54)12-10-34)35-21-31-14-15-48(2)43(31)47-24-35)23-42(49(29)3)41-22-33(46)8-13-39(41)44(55)52-25-32-7-5-4-6-30(32)20-36(52)26-50-16-17-51-18-19-57-28-37(51)27-50/h4-15,21-24,36-37,54H,16-20,25-28H2,1-3H3/t36-,37+/m0/s1. The van der Waals surface area contributed by atoms with Gasteiger partial charge in [0, 0.05) is 105 Å². The van der Waals surface area contributed by atoms with Crippen LogP contribution >= 0.6 is 0 Å². The smallest absolute Gasteiger partial charge is 0.264 e. The molecule has 0 saturated carbocycles. The van der Waals surface area contributed by atoms with Crippen LogP contribution in [0.4, 0.5) is 15.8 Å². The lowest BCUT2D eigenvalue weighted by Crippen LogP contribution is -2.60. The number of carbonyl (C=O) groups excluding carboxylic acids is 2. The fourth-order valence-corrected chi connectivity index (χ4v) is 8.88. The number of ether oxygens (including phenoxy) is 1. The summed E-state index contributed by atoms with van der Waals surface area (Å²) >= 11 is 0. The topological polar surface area (TPSA) is 99.3 Å². The van der Waals surface area contributed by atoms with Gasteiger partial charge in [0.1, 0.15) is 17.2 Å². The van der Waals surface area contributed by atoms with Gasteiger partial charge in [0.15, 0.2) is 0 Å². The van der Waals surface area contributed by atoms with Crippen molar-refractivity contribution in [1.29, 1.82) is 0 Å². The Kier molecular flexibility index (Phi) is 9.63. The Morgan fingerprint density at radius 2 is 1.74 bits per heavy atom. The number of pyridine rings is 1. The van der Waals surface area contributed by atoms with Gasteiger partial charge < -0.3 is 23.9 Å². The highest BCUT2D eigenvalue weighted by molar-refractivity contribution is 6.13. The normalized spacial score (nSPS) is 18.7. The molecule has 2 saturated heterocycles. The predicted molar refractivity (Wildman–Crippen MR) is 217 cm³/mol. The van der Waals surface area contributed by atoms with Crippen LogP contribution in [0.2, 0.25) is 0 Å². The fraction of sp³-hybridized carbons (Fsp3) is 0.311. The number of amides is 2. The molecule has 3 aliphatic rings. The number of fused-ring (bicyclic) bond motifs is 3. The van der Waals surface area contributed by atoms with Crippen molar-refractivity contribution < 1.29 is 23.8 Å². The summed E-state index contributed by atoms with van der Waals surface area (Å²) in [5.41, 5.74) is 6.57. The van der Waals surface area contributed by atoms with Gasteiger partial charge in [0.2, 0.25) is 0 Å². The minimum Gasteiger partial charge on any atom is -0.508 e. The van der Waals surface area contributed by atoms with Gasteiger partial charge >= 0.3 is 0 Å². The highest BCUT2D eigenvalue weighted by Gasteiger charge is 2.36. The Balaban J connectivity index is 1.07. The molecule has 6 aromatic rings. The molecule has 2 atom stereocenters. The van der Waals surface area contributed by atoms with Gasteiger partial charge in [-0.15, -0.1) is 0 Å². The van der Waals surface area contributed by atoms with Crippen molar-refractivity contribution in [3.8, 4) is 17.0 Å². The SMILES string of the molecule is Cc1c(C(=O)N(c2ccc(O)cc2)c2cnc3c(ccn3C)c2)cc(-c2cc(F)ccc2C(=O)N2Cc3ccccc3C[C@H]2CN2CCN3CCOC[C@H]3C2)n1C. The van der Waals surface area contributed by atoms with Crippen LogP contribution in [0, 0.1) is 12.7 Å². The molecule has 1 N–H and O–H groups in total. The molecule has 292 valence electrons. The maximum atomic E-state index is 15.3. The Labute approximate surface area is 331 Å². The summed E-state index contributed by atoms with van der Waals surface area (Å²) in [7, 11) is 3.74. The molecule has 2 amide bonds. The van der Waals surface area contributed by atoms with Gasteiger partial charge in [-0.3, -0.25) is 24.3 Å². The summed E-state index contributed by atoms with van der Waals surface area (Å²) < 4.78 is 24.9. The molecule has 6 heterocycles. The molecule has 0 unspecified atom stereocenters. The average Bonchev–Trinajstić information content (AvgIpc) is 3.75. The number of rotatable bonds is 7. The van der Waals surface area contributed by atoms with E-state index in [1.807, 2.05) is 59.4 Å². The summed E-state index contributed by atoms with van der Waals surface area (Å²) in [6, 6.07) is 24.9. The van der Waals surface area contributed by atoms with E-state index in [9.17, 15) is 14.7 Å². The lowest BCUT2D eigenvalue weighted by atomic mass is 9.92. The average molecular weight is 768 g/mol. The van der Waals surface area contributed by atoms with E-state index in [1.54, 1.807) is 35.4 Å². The van der Waals surface area contributed by atoms with Gasteiger partial charge in [0.25, 0.3) is 11.8 Å². The Hall–Kier alpha value is -5.82. The zero-order valence-corrected chi connectivity index (χ0v) is 32.4. The molecule has 0 radical (unpaired) electrons. The summed E-state index contributed by atoms with van der Waals surface area (Å²) in [5, 5.41) is 11.0. The molecule has 0 spiro atoms. The van der Waals surface area contributed by atoms with Gasteiger partial charge in [-0.05, 0) is 85.1 Å². The number of anilines is 2. The van der Waals surface area contributed by atoms with E-state index in [0.717, 1.165) is 69.0 Å². The number of nitrogens with zero attached hydrogens (tertiary/aromatic N) is 7. The van der Waals surface area contributed by atoms with E-state index in [2.05, 4.69) is 33.0 Å². The molecule has 0 bridgehead atoms. The predicted octanol–water partition coefficient (Wildman–Crippen LogP) is 6.29. The minimum atomic E-state index is -0.477. The van der Waals surface area contributed by atoms with Gasteiger partial charge in [0.05, 0.1) is 30.7 Å². The van der Waals surface area contributed by atoms with Crippen molar-refractivity contribution in [2.45, 2.75) is 32.0 Å². The van der Waals surface area contributed by atoms with Crippen LogP contribution < -0.4 is 4.90 Å². The largest absolute Gasteiger partial charge is 0.508 e. The maximum absolute atomic E-state index is 15.3. The highest BCUT2D eigenvalue weighted by Crippen LogP contribution is 2.36. The monoisotopic (exact) mass is 767 g/mol. The van der Waals surface area contributed by atoms with Crippen molar-refractivity contribution in [3.05, 3.63) is 131 Å². The molecule has 3 aromatic heterocycles. The van der Waals surface area contributed by atoms with E-state index in [4.69, 9.17) is 4.74 Å². The van der Waals surface area contributed by atoms with E-state index in [1.165, 1.54) is 29.8 Å². The fourth-order valence-electron chi connectivity index (χ4n) is 8.88. The van der Waals surface area contributed by atoms with Crippen molar-refractivity contribution in [3.63, 3.8) is 0 Å². The van der Waals surface area contributed by atoms with E-state index in [0.29, 0.717) is 52.0 Å². The van der Waals surface area contributed by atoms with Crippen molar-refractivity contribution in [2.75, 3.05) is 50.8 Å². The maximum Gasteiger partial charge on any atom is 0.264 e. The number of hydrogen-bond acceptors (Lipinski definition) is 7. The minimum absolute atomic E-state index is 0.0742. The van der Waals surface area contributed by atoms with Crippen LogP contribution in [0.3, 0.4) is 0 Å². The second-order valence-corrected chi connectivity index (χ2v) is 15.6. The molecule has 9 rings (SSSR count). The zero-order valence-electron chi connectivity index (χ0n) is 32.4. The number of phenols is 1. The molecule has 3 aliphatic heterocycles. The van der Waals surface area contributed by atoms with E-state index in [-0.39, 0.29) is 23.6 Å². The molecular formula is C45H46FN7O4. The first-order chi connectivity index (χ1) is 27.6. The molecule has 12 heteroatoms. The lowest BCUT2D eigenvalue weighted by Gasteiger charge is -2.46. The summed E-state index contributed by atoms with van der Waals surface area (Å²) in [4.78, 5) is 43.0. The summed E-state index contributed by atoms with van der Waals surface area (Å²) in [6.07, 6.45) is 4.29. The number of piperazine rings is 1. The third-order valence-electron chi connectivity index (χ3n) is 12.1. The molecule has 3 aromatic carbocycles. The van der Waals surface area contributed by atoms with E-state index >= 15 is 4.39 Å². The zero-order chi connectivity index (χ0) is 39.4. The highest BCUT2D eigenvalue weighted by atomic mass is 19.1.